The maximum Gasteiger partial charge on any atom is 0.119 e. The molecule has 2 aromatic rings. The van der Waals surface area contributed by atoms with Gasteiger partial charge in [-0.05, 0) is 43.4 Å². The van der Waals surface area contributed by atoms with Crippen LogP contribution in [0.2, 0.25) is 0 Å². The Bertz CT molecular complexity index is 621. The molecule has 1 N–H and O–H groups in total. The summed E-state index contributed by atoms with van der Waals surface area (Å²) in [5.74, 6) is 0. The van der Waals surface area contributed by atoms with Crippen LogP contribution in [-0.2, 0) is 0 Å². The second-order valence-electron chi connectivity index (χ2n) is 5.42. The third kappa shape index (κ3) is 2.88. The Hall–Kier alpha value is -1.74. The molecule has 3 nitrogen and oxygen atoms in total. The van der Waals surface area contributed by atoms with Gasteiger partial charge in [0.2, 0.25) is 0 Å². The molecule has 1 aliphatic carbocycles. The molecule has 1 aromatic heterocycles. The zero-order chi connectivity index (χ0) is 13.8. The smallest absolute Gasteiger partial charge is 0.119 e. The summed E-state index contributed by atoms with van der Waals surface area (Å²) in [6.07, 6.45) is 10.3. The minimum Gasteiger partial charge on any atom is -0.382 e. The van der Waals surface area contributed by atoms with Gasteiger partial charge < -0.3 is 5.11 Å². The van der Waals surface area contributed by atoms with Gasteiger partial charge >= 0.3 is 0 Å². The van der Waals surface area contributed by atoms with Gasteiger partial charge in [-0.25, -0.2) is 4.98 Å². The Kier molecular flexibility index (Phi) is 4.07. The number of hydrogen-bond donors (Lipinski definition) is 1. The van der Waals surface area contributed by atoms with Crippen LogP contribution in [0.25, 0.3) is 11.0 Å². The van der Waals surface area contributed by atoms with E-state index in [2.05, 4.69) is 16.0 Å². The number of fused-ring (bicyclic) bond motifs is 1. The van der Waals surface area contributed by atoms with Crippen LogP contribution < -0.4 is 0 Å². The molecule has 0 saturated heterocycles. The third-order valence-corrected chi connectivity index (χ3v) is 3.92. The molecule has 0 fully saturated rings. The quantitative estimate of drug-likeness (QED) is 0.839. The molecule has 3 rings (SSSR count). The lowest BCUT2D eigenvalue weighted by atomic mass is 9.95. The number of para-hydroxylation sites is 2. The van der Waals surface area contributed by atoms with Crippen molar-refractivity contribution in [3.05, 3.63) is 47.8 Å². The molecule has 0 radical (unpaired) electrons. The Labute approximate surface area is 119 Å². The van der Waals surface area contributed by atoms with Gasteiger partial charge in [-0.3, -0.25) is 4.98 Å². The SMILES string of the molecule is OC(/C1=C/CCCCCC1)c1cnc2ccccc2n1. The topological polar surface area (TPSA) is 46.0 Å². The average molecular weight is 268 g/mol. The number of aliphatic hydroxyl groups excluding tert-OH is 1. The van der Waals surface area contributed by atoms with Gasteiger partial charge in [0.1, 0.15) is 6.10 Å². The number of allylic oxidation sites excluding steroid dienone is 1. The molecule has 0 spiro atoms. The number of aromatic nitrogens is 2. The molecule has 0 bridgehead atoms. The van der Waals surface area contributed by atoms with Crippen LogP contribution in [0.5, 0.6) is 0 Å². The lowest BCUT2D eigenvalue weighted by Gasteiger charge is -2.17. The van der Waals surface area contributed by atoms with Crippen molar-refractivity contribution in [1.82, 2.24) is 9.97 Å². The molecule has 20 heavy (non-hydrogen) atoms. The van der Waals surface area contributed by atoms with E-state index in [4.69, 9.17) is 0 Å². The van der Waals surface area contributed by atoms with Gasteiger partial charge in [-0.1, -0.05) is 31.1 Å². The summed E-state index contributed by atoms with van der Waals surface area (Å²) in [5.41, 5.74) is 3.48. The van der Waals surface area contributed by atoms with Crippen molar-refractivity contribution in [2.75, 3.05) is 0 Å². The maximum absolute atomic E-state index is 10.6. The van der Waals surface area contributed by atoms with Gasteiger partial charge in [-0.2, -0.15) is 0 Å². The van der Waals surface area contributed by atoms with Crippen molar-refractivity contribution < 1.29 is 5.11 Å². The first-order valence-electron chi connectivity index (χ1n) is 7.43. The Morgan fingerprint density at radius 3 is 2.70 bits per heavy atom. The van der Waals surface area contributed by atoms with E-state index in [1.807, 2.05) is 24.3 Å². The highest BCUT2D eigenvalue weighted by molar-refractivity contribution is 5.73. The highest BCUT2D eigenvalue weighted by Gasteiger charge is 2.16. The average Bonchev–Trinajstić information content (AvgIpc) is 2.46. The molecular formula is C17H20N2O. The molecule has 0 amide bonds. The maximum atomic E-state index is 10.6. The molecule has 3 heteroatoms. The number of aliphatic hydroxyl groups is 1. The minimum atomic E-state index is -0.606. The fourth-order valence-electron chi connectivity index (χ4n) is 2.76. The molecule has 104 valence electrons. The summed E-state index contributed by atoms with van der Waals surface area (Å²) in [4.78, 5) is 8.94. The molecule has 1 atom stereocenters. The first-order valence-corrected chi connectivity index (χ1v) is 7.43. The highest BCUT2D eigenvalue weighted by atomic mass is 16.3. The first kappa shape index (κ1) is 13.3. The minimum absolute atomic E-state index is 0.606. The van der Waals surface area contributed by atoms with Crippen molar-refractivity contribution in [1.29, 1.82) is 0 Å². The van der Waals surface area contributed by atoms with Crippen LogP contribution in [0.1, 0.15) is 50.3 Å². The first-order chi connectivity index (χ1) is 9.84. The third-order valence-electron chi connectivity index (χ3n) is 3.92. The zero-order valence-electron chi connectivity index (χ0n) is 11.6. The van der Waals surface area contributed by atoms with E-state index in [1.54, 1.807) is 6.20 Å². The molecule has 0 aliphatic heterocycles. The number of rotatable bonds is 2. The number of benzene rings is 1. The summed E-state index contributed by atoms with van der Waals surface area (Å²) in [5, 5.41) is 10.6. The Morgan fingerprint density at radius 1 is 1.00 bits per heavy atom. The summed E-state index contributed by atoms with van der Waals surface area (Å²) in [7, 11) is 0. The summed E-state index contributed by atoms with van der Waals surface area (Å²) >= 11 is 0. The normalized spacial score (nSPS) is 20.8. The van der Waals surface area contributed by atoms with Crippen LogP contribution in [0, 0.1) is 0 Å². The second-order valence-corrected chi connectivity index (χ2v) is 5.42. The van der Waals surface area contributed by atoms with Gasteiger partial charge in [0, 0.05) is 0 Å². The van der Waals surface area contributed by atoms with E-state index in [0.717, 1.165) is 35.9 Å². The number of nitrogens with zero attached hydrogens (tertiary/aromatic N) is 2. The van der Waals surface area contributed by atoms with E-state index in [0.29, 0.717) is 5.69 Å². The zero-order valence-corrected chi connectivity index (χ0v) is 11.6. The number of hydrogen-bond acceptors (Lipinski definition) is 3. The lowest BCUT2D eigenvalue weighted by Crippen LogP contribution is -2.06. The van der Waals surface area contributed by atoms with Crippen molar-refractivity contribution in [3.8, 4) is 0 Å². The standard InChI is InChI=1S/C17H20N2O/c20-17(13-8-4-2-1-3-5-9-13)16-12-18-14-10-6-7-11-15(14)19-16/h6-8,10-12,17,20H,1-5,9H2/b13-8+. The van der Waals surface area contributed by atoms with Gasteiger partial charge in [0.05, 0.1) is 22.9 Å². The van der Waals surface area contributed by atoms with E-state index < -0.39 is 6.10 Å². The van der Waals surface area contributed by atoms with Gasteiger partial charge in [-0.15, -0.1) is 0 Å². The van der Waals surface area contributed by atoms with E-state index in [-0.39, 0.29) is 0 Å². The van der Waals surface area contributed by atoms with Crippen LogP contribution in [0.3, 0.4) is 0 Å². The van der Waals surface area contributed by atoms with Crippen molar-refractivity contribution in [2.45, 2.75) is 44.6 Å². The fourth-order valence-corrected chi connectivity index (χ4v) is 2.76. The Balaban J connectivity index is 1.88. The summed E-state index contributed by atoms with van der Waals surface area (Å²) < 4.78 is 0. The van der Waals surface area contributed by atoms with E-state index in [9.17, 15) is 5.11 Å². The predicted octanol–water partition coefficient (Wildman–Crippen LogP) is 3.94. The molecule has 1 aliphatic rings. The second kappa shape index (κ2) is 6.14. The molecule has 1 heterocycles. The Morgan fingerprint density at radius 2 is 1.80 bits per heavy atom. The summed E-state index contributed by atoms with van der Waals surface area (Å²) in [6, 6.07) is 7.77. The van der Waals surface area contributed by atoms with Gasteiger partial charge in [0.15, 0.2) is 0 Å². The molecule has 0 saturated carbocycles. The lowest BCUT2D eigenvalue weighted by molar-refractivity contribution is 0.204. The highest BCUT2D eigenvalue weighted by Crippen LogP contribution is 2.28. The van der Waals surface area contributed by atoms with Crippen molar-refractivity contribution in [2.24, 2.45) is 0 Å². The molecule has 1 aromatic carbocycles. The largest absolute Gasteiger partial charge is 0.382 e. The molecular weight excluding hydrogens is 248 g/mol. The monoisotopic (exact) mass is 268 g/mol. The van der Waals surface area contributed by atoms with Gasteiger partial charge in [0.25, 0.3) is 0 Å². The molecule has 1 unspecified atom stereocenters. The summed E-state index contributed by atoms with van der Waals surface area (Å²) in [6.45, 7) is 0. The van der Waals surface area contributed by atoms with Crippen molar-refractivity contribution in [3.63, 3.8) is 0 Å². The van der Waals surface area contributed by atoms with Crippen LogP contribution in [0.4, 0.5) is 0 Å². The van der Waals surface area contributed by atoms with Crippen molar-refractivity contribution >= 4 is 11.0 Å². The van der Waals surface area contributed by atoms with Crippen LogP contribution in [-0.4, -0.2) is 15.1 Å². The fraction of sp³-hybridized carbons (Fsp3) is 0.412. The van der Waals surface area contributed by atoms with Crippen LogP contribution >= 0.6 is 0 Å². The van der Waals surface area contributed by atoms with E-state index >= 15 is 0 Å². The van der Waals surface area contributed by atoms with Crippen LogP contribution in [0.15, 0.2) is 42.1 Å². The van der Waals surface area contributed by atoms with E-state index in [1.165, 1.54) is 19.3 Å². The predicted molar refractivity (Wildman–Crippen MR) is 80.3 cm³/mol.